The highest BCUT2D eigenvalue weighted by molar-refractivity contribution is 6.14. The number of amides is 3. The Balaban J connectivity index is 1.40. The summed E-state index contributed by atoms with van der Waals surface area (Å²) in [6, 6.07) is 22.6. The molecule has 0 unspecified atom stereocenters. The van der Waals surface area contributed by atoms with Gasteiger partial charge in [0.05, 0.1) is 12.8 Å². The van der Waals surface area contributed by atoms with Crippen LogP contribution in [0.5, 0.6) is 11.5 Å². The zero-order valence-electron chi connectivity index (χ0n) is 26.4. The van der Waals surface area contributed by atoms with Crippen molar-refractivity contribution in [2.75, 3.05) is 26.7 Å². The number of carbonyl (C=O) groups excluding carboxylic acids is 3. The van der Waals surface area contributed by atoms with Crippen LogP contribution in [0, 0.1) is 0 Å². The molecule has 3 amide bonds. The predicted octanol–water partition coefficient (Wildman–Crippen LogP) is 4.19. The van der Waals surface area contributed by atoms with Crippen LogP contribution in [0.1, 0.15) is 55.2 Å². The number of benzene rings is 3. The lowest BCUT2D eigenvalue weighted by molar-refractivity contribution is -0.138. The number of hydrogen-bond donors (Lipinski definition) is 5. The van der Waals surface area contributed by atoms with Crippen molar-refractivity contribution in [3.8, 4) is 11.5 Å². The number of unbranched alkanes of at least 4 members (excludes halogenated alkanes) is 3. The number of alkyl carbamates (subject to hydrolysis) is 1. The number of nitrogens with zero attached hydrogens (tertiary/aromatic N) is 1. The largest absolute Gasteiger partial charge is 0.507 e. The lowest BCUT2D eigenvalue weighted by Gasteiger charge is -2.18. The summed E-state index contributed by atoms with van der Waals surface area (Å²) < 4.78 is 10.4. The van der Waals surface area contributed by atoms with Gasteiger partial charge in [0.2, 0.25) is 11.8 Å². The Bertz CT molecular complexity index is 1480. The Hall–Kier alpha value is -5.39. The van der Waals surface area contributed by atoms with E-state index in [0.717, 1.165) is 36.8 Å². The summed E-state index contributed by atoms with van der Waals surface area (Å²) in [5, 5.41) is 26.9. The molecule has 0 aliphatic carbocycles. The fraction of sp³-hybridized carbons (Fsp3) is 0.343. The van der Waals surface area contributed by atoms with Crippen LogP contribution in [0.25, 0.3) is 0 Å². The molecule has 3 rings (SSSR count). The molecule has 0 aliphatic rings. The molecule has 0 aromatic heterocycles. The molecule has 5 N–H and O–H groups in total. The number of carboxylic acid groups (broad SMARTS) is 1. The van der Waals surface area contributed by atoms with Gasteiger partial charge in [-0.1, -0.05) is 73.5 Å². The second-order valence-electron chi connectivity index (χ2n) is 10.7. The predicted molar refractivity (Wildman–Crippen MR) is 177 cm³/mol. The molecule has 0 spiro atoms. The van der Waals surface area contributed by atoms with Gasteiger partial charge in [0, 0.05) is 36.7 Å². The first-order chi connectivity index (χ1) is 22.8. The highest BCUT2D eigenvalue weighted by Crippen LogP contribution is 2.26. The van der Waals surface area contributed by atoms with Crippen LogP contribution in [-0.4, -0.2) is 72.6 Å². The van der Waals surface area contributed by atoms with Gasteiger partial charge >= 0.3 is 12.1 Å². The monoisotopic (exact) mass is 646 g/mol. The fourth-order valence-electron chi connectivity index (χ4n) is 4.60. The molecule has 250 valence electrons. The van der Waals surface area contributed by atoms with Crippen LogP contribution >= 0.6 is 0 Å². The summed E-state index contributed by atoms with van der Waals surface area (Å²) >= 11 is 0. The van der Waals surface area contributed by atoms with Crippen molar-refractivity contribution in [1.82, 2.24) is 16.0 Å². The lowest BCUT2D eigenvalue weighted by Crippen LogP contribution is -2.48. The van der Waals surface area contributed by atoms with Gasteiger partial charge < -0.3 is 35.6 Å². The molecule has 3 aromatic rings. The Morgan fingerprint density at radius 2 is 1.57 bits per heavy atom. The van der Waals surface area contributed by atoms with Gasteiger partial charge in [0.15, 0.2) is 0 Å². The van der Waals surface area contributed by atoms with Gasteiger partial charge in [-0.2, -0.15) is 0 Å². The van der Waals surface area contributed by atoms with E-state index in [4.69, 9.17) is 19.6 Å². The number of phenolic OH excluding ortho intramolecular Hbond substituents is 1. The molecular weight excluding hydrogens is 604 g/mol. The first-order valence-corrected chi connectivity index (χ1v) is 15.5. The number of hydrogen-bond acceptors (Lipinski definition) is 8. The normalized spacial score (nSPS) is 11.6. The van der Waals surface area contributed by atoms with Gasteiger partial charge in [-0.15, -0.1) is 0 Å². The quantitative estimate of drug-likeness (QED) is 0.0952. The summed E-state index contributed by atoms with van der Waals surface area (Å²) in [6.07, 6.45) is 2.36. The summed E-state index contributed by atoms with van der Waals surface area (Å²) in [6.45, 7) is 0.377. The lowest BCUT2D eigenvalue weighted by atomic mass is 10.0. The standard InChI is InChI=1S/C35H42N4O8/c1-46-27-16-17-28(30(40)22-27)33(26-14-8-5-9-15-26)37-21-11-3-2-10-20-36-31(41)19-18-29(34(44)38-23-32(42)43)39-35(45)47-24-25-12-6-4-7-13-25/h4-9,12-17,22,29,40H,2-3,10-11,18-21,23-24H2,1H3,(H,36,41)(H,38,44)(H,39,45)(H,42,43)/b37-33+/t29-/m0/s1. The molecule has 0 aliphatic heterocycles. The Morgan fingerprint density at radius 3 is 2.26 bits per heavy atom. The molecule has 12 nitrogen and oxygen atoms in total. The maximum Gasteiger partial charge on any atom is 0.408 e. The second kappa shape index (κ2) is 19.9. The summed E-state index contributed by atoms with van der Waals surface area (Å²) in [4.78, 5) is 52.9. The second-order valence-corrected chi connectivity index (χ2v) is 10.7. The number of carbonyl (C=O) groups is 4. The van der Waals surface area contributed by atoms with Crippen molar-refractivity contribution >= 4 is 29.6 Å². The van der Waals surface area contributed by atoms with E-state index in [0.29, 0.717) is 30.1 Å². The van der Waals surface area contributed by atoms with Crippen molar-refractivity contribution in [2.45, 2.75) is 51.2 Å². The summed E-state index contributed by atoms with van der Waals surface area (Å²) in [5.74, 6) is -1.60. The Kier molecular flexibility index (Phi) is 15.3. The van der Waals surface area contributed by atoms with Crippen molar-refractivity contribution in [2.24, 2.45) is 4.99 Å². The fourth-order valence-corrected chi connectivity index (χ4v) is 4.60. The van der Waals surface area contributed by atoms with Crippen molar-refractivity contribution in [1.29, 1.82) is 0 Å². The number of rotatable bonds is 19. The molecule has 3 aromatic carbocycles. The molecule has 0 saturated heterocycles. The average molecular weight is 647 g/mol. The SMILES string of the molecule is COc1ccc(/C(=N/CCCCCCNC(=O)CC[C@H](NC(=O)OCc2ccccc2)C(=O)NCC(=O)O)c2ccccc2)c(O)c1. The Morgan fingerprint density at radius 1 is 0.872 bits per heavy atom. The maximum absolute atomic E-state index is 12.5. The van der Waals surface area contributed by atoms with Crippen molar-refractivity contribution in [3.05, 3.63) is 95.6 Å². The molecule has 0 heterocycles. The van der Waals surface area contributed by atoms with Gasteiger partial charge in [-0.05, 0) is 37.0 Å². The molecule has 12 heteroatoms. The van der Waals surface area contributed by atoms with Crippen LogP contribution in [0.3, 0.4) is 0 Å². The van der Waals surface area contributed by atoms with Crippen LogP contribution in [0.15, 0.2) is 83.9 Å². The number of ether oxygens (including phenoxy) is 2. The first kappa shape index (κ1) is 36.1. The third-order valence-electron chi connectivity index (χ3n) is 7.08. The zero-order valence-corrected chi connectivity index (χ0v) is 26.4. The Labute approximate surface area is 274 Å². The van der Waals surface area contributed by atoms with Crippen LogP contribution in [0.2, 0.25) is 0 Å². The summed E-state index contributed by atoms with van der Waals surface area (Å²) in [7, 11) is 1.54. The van der Waals surface area contributed by atoms with Crippen molar-refractivity contribution < 1.29 is 38.9 Å². The zero-order chi connectivity index (χ0) is 33.9. The minimum Gasteiger partial charge on any atom is -0.507 e. The molecule has 1 atom stereocenters. The first-order valence-electron chi connectivity index (χ1n) is 15.5. The number of phenols is 1. The average Bonchev–Trinajstić information content (AvgIpc) is 3.08. The summed E-state index contributed by atoms with van der Waals surface area (Å²) in [5.41, 5.74) is 2.98. The van der Waals surface area contributed by atoms with E-state index in [-0.39, 0.29) is 31.1 Å². The van der Waals surface area contributed by atoms with Crippen molar-refractivity contribution in [3.63, 3.8) is 0 Å². The number of nitrogens with one attached hydrogen (secondary N) is 3. The third-order valence-corrected chi connectivity index (χ3v) is 7.08. The minimum atomic E-state index is -1.23. The number of aliphatic carboxylic acids is 1. The van der Waals surface area contributed by atoms with Gasteiger partial charge in [-0.3, -0.25) is 19.4 Å². The van der Waals surface area contributed by atoms with Gasteiger partial charge in [0.1, 0.15) is 30.7 Å². The molecular formula is C35H42N4O8. The van der Waals surface area contributed by atoms with E-state index < -0.39 is 30.6 Å². The van der Waals surface area contributed by atoms with E-state index in [2.05, 4.69) is 16.0 Å². The van der Waals surface area contributed by atoms with Crippen LogP contribution < -0.4 is 20.7 Å². The number of carboxylic acids is 1. The molecule has 0 saturated carbocycles. The molecule has 0 bridgehead atoms. The van der Waals surface area contributed by atoms with Gasteiger partial charge in [0.25, 0.3) is 0 Å². The number of aliphatic imine (C=N–C) groups is 1. The van der Waals surface area contributed by atoms with E-state index in [1.54, 1.807) is 49.6 Å². The minimum absolute atomic E-state index is 0.0105. The molecule has 0 radical (unpaired) electrons. The number of methoxy groups -OCH3 is 1. The molecule has 0 fully saturated rings. The van der Waals surface area contributed by atoms with E-state index in [1.807, 2.05) is 36.4 Å². The number of aromatic hydroxyl groups is 1. The van der Waals surface area contributed by atoms with E-state index in [9.17, 15) is 24.3 Å². The smallest absolute Gasteiger partial charge is 0.408 e. The van der Waals surface area contributed by atoms with Crippen LogP contribution in [0.4, 0.5) is 4.79 Å². The highest BCUT2D eigenvalue weighted by atomic mass is 16.5. The van der Waals surface area contributed by atoms with Gasteiger partial charge in [-0.25, -0.2) is 4.79 Å². The van der Waals surface area contributed by atoms with Crippen LogP contribution in [-0.2, 0) is 25.7 Å². The van der Waals surface area contributed by atoms with E-state index >= 15 is 0 Å². The maximum atomic E-state index is 12.5. The third kappa shape index (κ3) is 13.2. The topological polar surface area (TPSA) is 176 Å². The highest BCUT2D eigenvalue weighted by Gasteiger charge is 2.23. The molecule has 47 heavy (non-hydrogen) atoms. The van der Waals surface area contributed by atoms with E-state index in [1.165, 1.54) is 0 Å².